The van der Waals surface area contributed by atoms with Crippen molar-refractivity contribution in [3.05, 3.63) is 92.6 Å². The van der Waals surface area contributed by atoms with Gasteiger partial charge in [-0.3, -0.25) is 10.7 Å². The van der Waals surface area contributed by atoms with Gasteiger partial charge in [0.2, 0.25) is 5.69 Å². The van der Waals surface area contributed by atoms with Gasteiger partial charge >= 0.3 is 11.9 Å². The third kappa shape index (κ3) is 3.95. The molecule has 2 heterocycles. The largest absolute Gasteiger partial charge is 0.762 e. The number of carbonyl (C=O) groups excluding carboxylic acids is 1. The predicted octanol–water partition coefficient (Wildman–Crippen LogP) is 4.98. The number of nitrogens with zero attached hydrogens (tertiary/aromatic N) is 4. The van der Waals surface area contributed by atoms with Gasteiger partial charge in [-0.05, 0) is 61.4 Å². The molecule has 0 amide bonds. The highest BCUT2D eigenvalue weighted by atomic mass is 16.4. The summed E-state index contributed by atoms with van der Waals surface area (Å²) in [6.45, 7) is 7.84. The molecule has 0 bridgehead atoms. The molecule has 0 saturated heterocycles. The molecule has 3 aliphatic rings. The van der Waals surface area contributed by atoms with E-state index in [2.05, 4.69) is 0 Å². The lowest BCUT2D eigenvalue weighted by atomic mass is 9.67. The lowest BCUT2D eigenvalue weighted by molar-refractivity contribution is -0.404. The fraction of sp³-hybridized carbons (Fsp3) is 0.303. The van der Waals surface area contributed by atoms with Gasteiger partial charge in [0.1, 0.15) is 13.1 Å². The summed E-state index contributed by atoms with van der Waals surface area (Å²) < 4.78 is 1.96. The molecule has 2 aromatic rings. The van der Waals surface area contributed by atoms with Crippen LogP contribution in [0.5, 0.6) is 0 Å². The van der Waals surface area contributed by atoms with Crippen LogP contribution in [0.15, 0.2) is 64.9 Å². The van der Waals surface area contributed by atoms with E-state index in [4.69, 9.17) is 0 Å². The molecule has 0 aromatic heterocycles. The van der Waals surface area contributed by atoms with Crippen LogP contribution in [0, 0.1) is 17.2 Å². The Morgan fingerprint density at radius 2 is 1.64 bits per heavy atom. The molecule has 9 heteroatoms. The molecular weight excluding hydrogens is 532 g/mol. The first-order valence-electron chi connectivity index (χ1n) is 13.4. The lowest BCUT2D eigenvalue weighted by Crippen LogP contribution is -2.39. The van der Waals surface area contributed by atoms with Gasteiger partial charge in [-0.25, -0.2) is 14.2 Å². The first-order valence-corrected chi connectivity index (χ1v) is 13.4. The molecular formula is C33H30N4O5. The molecule has 9 nitrogen and oxygen atoms in total. The highest BCUT2D eigenvalue weighted by Gasteiger charge is 2.50. The van der Waals surface area contributed by atoms with Crippen LogP contribution in [0.2, 0.25) is 0 Å². The Morgan fingerprint density at radius 3 is 2.21 bits per heavy atom. The Hall–Kier alpha value is -5.06. The number of allylic oxidation sites excluding steroid dienone is 5. The van der Waals surface area contributed by atoms with Crippen LogP contribution in [-0.4, -0.2) is 58.2 Å². The van der Waals surface area contributed by atoms with Gasteiger partial charge in [0, 0.05) is 47.5 Å². The average Bonchev–Trinajstić information content (AvgIpc) is 3.26. The van der Waals surface area contributed by atoms with Gasteiger partial charge < -0.3 is 20.5 Å². The highest BCUT2D eigenvalue weighted by molar-refractivity contribution is 6.14. The normalized spacial score (nSPS) is 20.6. The Kier molecular flexibility index (Phi) is 6.44. The minimum atomic E-state index is -1.03. The van der Waals surface area contributed by atoms with Crippen molar-refractivity contribution >= 4 is 40.7 Å². The summed E-state index contributed by atoms with van der Waals surface area (Å²) in [4.78, 5) is 39.0. The van der Waals surface area contributed by atoms with Crippen molar-refractivity contribution in [1.29, 1.82) is 5.26 Å². The second kappa shape index (κ2) is 9.51. The smallest absolute Gasteiger partial charge is 0.335 e. The molecule has 2 aliphatic heterocycles. The van der Waals surface area contributed by atoms with E-state index in [0.29, 0.717) is 11.1 Å². The zero-order valence-electron chi connectivity index (χ0n) is 24.2. The number of carboxylic acids is 2. The molecule has 0 saturated carbocycles. The van der Waals surface area contributed by atoms with Crippen molar-refractivity contribution in [2.75, 3.05) is 19.0 Å². The van der Waals surface area contributed by atoms with Crippen molar-refractivity contribution in [3.63, 3.8) is 0 Å². The maximum Gasteiger partial charge on any atom is 0.335 e. The average molecular weight is 563 g/mol. The highest BCUT2D eigenvalue weighted by Crippen LogP contribution is 2.50. The van der Waals surface area contributed by atoms with Crippen molar-refractivity contribution in [2.45, 2.75) is 44.9 Å². The van der Waals surface area contributed by atoms with E-state index in [0.717, 1.165) is 33.9 Å². The minimum absolute atomic E-state index is 0.125. The third-order valence-electron chi connectivity index (χ3n) is 9.08. The summed E-state index contributed by atoms with van der Waals surface area (Å²) >= 11 is 0. The second-order valence-corrected chi connectivity index (χ2v) is 12.0. The number of hydrogen-bond donors (Lipinski definition) is 2. The van der Waals surface area contributed by atoms with E-state index in [1.807, 2.05) is 63.2 Å². The predicted molar refractivity (Wildman–Crippen MR) is 158 cm³/mol. The fourth-order valence-corrected chi connectivity index (χ4v) is 6.69. The molecule has 0 radical (unpaired) electrons. The van der Waals surface area contributed by atoms with Gasteiger partial charge in [0.25, 0.3) is 0 Å². The summed E-state index contributed by atoms with van der Waals surface area (Å²) in [6, 6.07) is 11.9. The Bertz CT molecular complexity index is 1830. The third-order valence-corrected chi connectivity index (χ3v) is 9.08. The van der Waals surface area contributed by atoms with Gasteiger partial charge in [0.15, 0.2) is 11.5 Å². The number of anilines is 1. The van der Waals surface area contributed by atoms with Crippen LogP contribution in [0.3, 0.4) is 0 Å². The monoisotopic (exact) mass is 562 g/mol. The van der Waals surface area contributed by atoms with E-state index >= 15 is 0 Å². The summed E-state index contributed by atoms with van der Waals surface area (Å²) in [7, 11) is 3.71. The van der Waals surface area contributed by atoms with Crippen molar-refractivity contribution in [2.24, 2.45) is 5.92 Å². The molecule has 1 unspecified atom stereocenters. The fourth-order valence-electron chi connectivity index (χ4n) is 6.69. The molecule has 42 heavy (non-hydrogen) atoms. The van der Waals surface area contributed by atoms with E-state index in [9.17, 15) is 35.3 Å². The summed E-state index contributed by atoms with van der Waals surface area (Å²) in [6.07, 6.45) is 1.99. The number of fused-ring (bicyclic) bond motifs is 2. The van der Waals surface area contributed by atoms with Gasteiger partial charge in [-0.2, -0.15) is 5.26 Å². The summed E-state index contributed by atoms with van der Waals surface area (Å²) in [5.74, 6) is -0.988. The van der Waals surface area contributed by atoms with Crippen molar-refractivity contribution in [3.8, 4) is 6.07 Å². The van der Waals surface area contributed by atoms with Crippen LogP contribution < -0.4 is 4.90 Å². The number of carboxylic acid groups (broad SMARTS) is 2. The molecule has 2 N–H and O–H groups in total. The SMILES string of the molecule is CN1/C(=C\C2=C(C(=C=[N-])C#N)C(CC3=[N+](C)c4ccc(C(=O)O)cc4C3(C)C)C2=O)C(C)(C)c2cc(C(=O)O)ccc21. The van der Waals surface area contributed by atoms with E-state index < -0.39 is 28.7 Å². The number of Topliss-reactive ketones (excluding diaryl/α,β-unsaturated/α-hetero) is 1. The number of nitriles is 1. The van der Waals surface area contributed by atoms with Crippen LogP contribution in [0.25, 0.3) is 5.41 Å². The molecule has 1 aliphatic carbocycles. The first kappa shape index (κ1) is 28.5. The van der Waals surface area contributed by atoms with E-state index in [-0.39, 0.29) is 28.9 Å². The maximum atomic E-state index is 13.8. The van der Waals surface area contributed by atoms with E-state index in [1.165, 1.54) is 6.07 Å². The quantitative estimate of drug-likeness (QED) is 0.287. The minimum Gasteiger partial charge on any atom is -0.762 e. The number of aromatic carboxylic acids is 2. The Balaban J connectivity index is 1.58. The molecule has 5 rings (SSSR count). The van der Waals surface area contributed by atoms with Gasteiger partial charge in [-0.15, -0.1) is 0 Å². The maximum absolute atomic E-state index is 13.8. The number of ketones is 1. The zero-order valence-corrected chi connectivity index (χ0v) is 24.2. The zero-order chi connectivity index (χ0) is 30.9. The second-order valence-electron chi connectivity index (χ2n) is 12.0. The van der Waals surface area contributed by atoms with Crippen LogP contribution >= 0.6 is 0 Å². The van der Waals surface area contributed by atoms with Gasteiger partial charge in [-0.1, -0.05) is 13.8 Å². The summed E-state index contributed by atoms with van der Waals surface area (Å²) in [5.41, 5.74) is 4.58. The number of likely N-dealkylation sites (N-methyl/N-ethyl adjacent to an activating group) is 1. The topological polar surface area (TPSA) is 144 Å². The summed E-state index contributed by atoms with van der Waals surface area (Å²) in [5, 5.41) is 38.7. The van der Waals surface area contributed by atoms with Crippen molar-refractivity contribution < 1.29 is 29.2 Å². The molecule has 212 valence electrons. The number of rotatable bonds is 6. The number of hydrogen-bond acceptors (Lipinski definition) is 5. The first-order chi connectivity index (χ1) is 19.7. The van der Waals surface area contributed by atoms with Crippen molar-refractivity contribution in [1.82, 2.24) is 0 Å². The molecule has 0 spiro atoms. The molecule has 0 fully saturated rings. The lowest BCUT2D eigenvalue weighted by Gasteiger charge is -2.33. The van der Waals surface area contributed by atoms with Crippen LogP contribution in [0.1, 0.15) is 66.0 Å². The Morgan fingerprint density at radius 1 is 1.05 bits per heavy atom. The molecule has 1 atom stereocenters. The standard InChI is InChI=1S/C33H30N4O5/c1-32(2)22-11-17(30(39)40)7-9-24(22)36(5)26(32)13-20-28(19(15-34)16-35)21(29(20)38)14-27-33(3,4)23-12-18(31(41)42)8-10-25(23)37(27)6/h7-13,21H,14H2,1-6H3,(H,39,40)(H,41,42)/b26-13-. The number of carbonyl (C=O) groups is 3. The van der Waals surface area contributed by atoms with Crippen LogP contribution in [0.4, 0.5) is 11.4 Å². The van der Waals surface area contributed by atoms with Crippen LogP contribution in [-0.2, 0) is 15.6 Å². The van der Waals surface area contributed by atoms with E-state index in [1.54, 1.807) is 36.4 Å². The molecule has 2 aromatic carbocycles. The number of benzene rings is 2. The Labute approximate surface area is 243 Å². The van der Waals surface area contributed by atoms with Gasteiger partial charge in [0.05, 0.1) is 28.0 Å².